The average Bonchev–Trinajstić information content (AvgIpc) is 2.03. The first kappa shape index (κ1) is 9.11. The van der Waals surface area contributed by atoms with Gasteiger partial charge in [0.2, 0.25) is 0 Å². The fourth-order valence-electron chi connectivity index (χ4n) is 0.669. The van der Waals surface area contributed by atoms with E-state index in [-0.39, 0.29) is 0 Å². The number of halogens is 1. The third-order valence-electron chi connectivity index (χ3n) is 1.11. The molecule has 68 valence electrons. The summed E-state index contributed by atoms with van der Waals surface area (Å²) in [5, 5.41) is 3.43. The number of hydrogen-bond donors (Lipinski definition) is 2. The number of primary amides is 1. The second-order valence-electron chi connectivity index (χ2n) is 2.17. The van der Waals surface area contributed by atoms with Gasteiger partial charge in [0.1, 0.15) is 5.82 Å². The topological polar surface area (TPSA) is 80.4 Å². The minimum atomic E-state index is -0.777. The molecule has 0 spiro atoms. The number of hydrazone groups is 1. The summed E-state index contributed by atoms with van der Waals surface area (Å²) in [6, 6.07) is 0.444. The summed E-state index contributed by atoms with van der Waals surface area (Å²) in [6.07, 6.45) is 3.70. The van der Waals surface area contributed by atoms with Gasteiger partial charge in [0.05, 0.1) is 12.4 Å². The van der Waals surface area contributed by atoms with Crippen molar-refractivity contribution in [2.45, 2.75) is 0 Å². The highest BCUT2D eigenvalue weighted by Crippen LogP contribution is 1.96. The molecule has 0 unspecified atom stereocenters. The Balaban J connectivity index is 2.63. The van der Waals surface area contributed by atoms with Crippen molar-refractivity contribution in [3.63, 3.8) is 0 Å². The zero-order valence-corrected chi connectivity index (χ0v) is 6.57. The first-order valence-electron chi connectivity index (χ1n) is 3.37. The maximum absolute atomic E-state index is 12.5. The molecule has 0 aliphatic rings. The molecule has 0 saturated heterocycles. The predicted octanol–water partition coefficient (Wildman–Crippen LogP) is 0.223. The number of nitrogens with zero attached hydrogens (tertiary/aromatic N) is 2. The third-order valence-corrected chi connectivity index (χ3v) is 1.11. The maximum Gasteiger partial charge on any atom is 0.332 e. The molecule has 13 heavy (non-hydrogen) atoms. The smallest absolute Gasteiger partial charge is 0.332 e. The van der Waals surface area contributed by atoms with E-state index in [0.29, 0.717) is 5.56 Å². The number of amides is 2. The molecule has 0 fully saturated rings. The van der Waals surface area contributed by atoms with E-state index in [2.05, 4.69) is 10.1 Å². The van der Waals surface area contributed by atoms with E-state index < -0.39 is 11.8 Å². The number of carbonyl (C=O) groups is 1. The largest absolute Gasteiger partial charge is 0.350 e. The molecular formula is C7H7FN4O. The number of nitrogens with one attached hydrogen (secondary N) is 1. The van der Waals surface area contributed by atoms with Crippen LogP contribution in [0.25, 0.3) is 0 Å². The summed E-state index contributed by atoms with van der Waals surface area (Å²) < 4.78 is 12.5. The standard InChI is InChI=1S/C7H7FN4O/c8-6-1-5(2-10-4-6)3-11-12-7(9)13/h1-4H,(H3,9,12,13)/b11-3+. The molecule has 0 saturated carbocycles. The Morgan fingerprint density at radius 2 is 2.46 bits per heavy atom. The van der Waals surface area contributed by atoms with Crippen molar-refractivity contribution in [3.8, 4) is 0 Å². The highest BCUT2D eigenvalue weighted by Gasteiger charge is 1.91. The molecule has 1 aromatic heterocycles. The molecule has 0 atom stereocenters. The number of nitrogens with two attached hydrogens (primary N) is 1. The fourth-order valence-corrected chi connectivity index (χ4v) is 0.669. The summed E-state index contributed by atoms with van der Waals surface area (Å²) in [5.41, 5.74) is 7.14. The van der Waals surface area contributed by atoms with Gasteiger partial charge in [-0.3, -0.25) is 4.98 Å². The van der Waals surface area contributed by atoms with Crippen molar-refractivity contribution < 1.29 is 9.18 Å². The zero-order valence-electron chi connectivity index (χ0n) is 6.57. The molecule has 3 N–H and O–H groups in total. The summed E-state index contributed by atoms with van der Waals surface area (Å²) in [5.74, 6) is -0.469. The lowest BCUT2D eigenvalue weighted by atomic mass is 10.3. The SMILES string of the molecule is NC(=O)N/N=C/c1cncc(F)c1. The molecule has 1 aromatic rings. The van der Waals surface area contributed by atoms with E-state index in [1.165, 1.54) is 18.5 Å². The highest BCUT2D eigenvalue weighted by molar-refractivity contribution is 5.80. The molecule has 0 aliphatic heterocycles. The molecule has 5 nitrogen and oxygen atoms in total. The maximum atomic E-state index is 12.5. The molecule has 1 rings (SSSR count). The Hall–Kier alpha value is -1.98. The summed E-state index contributed by atoms with van der Waals surface area (Å²) >= 11 is 0. The van der Waals surface area contributed by atoms with Crippen LogP contribution in [0, 0.1) is 5.82 Å². The number of aromatic nitrogens is 1. The van der Waals surface area contributed by atoms with Gasteiger partial charge >= 0.3 is 6.03 Å². The first-order chi connectivity index (χ1) is 6.18. The molecule has 0 radical (unpaired) electrons. The second-order valence-corrected chi connectivity index (χ2v) is 2.17. The van der Waals surface area contributed by atoms with E-state index in [1.807, 2.05) is 5.43 Å². The Labute approximate surface area is 73.5 Å². The van der Waals surface area contributed by atoms with Crippen LogP contribution in [0.1, 0.15) is 5.56 Å². The van der Waals surface area contributed by atoms with Gasteiger partial charge in [-0.2, -0.15) is 5.10 Å². The first-order valence-corrected chi connectivity index (χ1v) is 3.37. The lowest BCUT2D eigenvalue weighted by Crippen LogP contribution is -2.24. The number of hydrogen-bond acceptors (Lipinski definition) is 3. The molecule has 0 bridgehead atoms. The number of rotatable bonds is 2. The van der Waals surface area contributed by atoms with Crippen molar-refractivity contribution in [1.82, 2.24) is 10.4 Å². The van der Waals surface area contributed by atoms with Crippen molar-refractivity contribution in [2.24, 2.45) is 10.8 Å². The normalized spacial score (nSPS) is 10.2. The molecule has 1 heterocycles. The lowest BCUT2D eigenvalue weighted by molar-refractivity contribution is 0.249. The van der Waals surface area contributed by atoms with Crippen molar-refractivity contribution in [1.29, 1.82) is 0 Å². The van der Waals surface area contributed by atoms with Crippen LogP contribution >= 0.6 is 0 Å². The van der Waals surface area contributed by atoms with Gasteiger partial charge in [-0.1, -0.05) is 0 Å². The molecular weight excluding hydrogens is 175 g/mol. The van der Waals surface area contributed by atoms with Crippen molar-refractivity contribution >= 4 is 12.2 Å². The third kappa shape index (κ3) is 3.28. The van der Waals surface area contributed by atoms with Crippen LogP contribution in [0.5, 0.6) is 0 Å². The van der Waals surface area contributed by atoms with E-state index in [9.17, 15) is 9.18 Å². The van der Waals surface area contributed by atoms with Crippen LogP contribution in [0.2, 0.25) is 0 Å². The quantitative estimate of drug-likeness (QED) is 0.506. The van der Waals surface area contributed by atoms with Gasteiger partial charge in [0, 0.05) is 11.8 Å². The van der Waals surface area contributed by atoms with E-state index in [0.717, 1.165) is 6.20 Å². The van der Waals surface area contributed by atoms with Crippen LogP contribution in [0.3, 0.4) is 0 Å². The predicted molar refractivity (Wildman–Crippen MR) is 44.5 cm³/mol. The van der Waals surface area contributed by atoms with Crippen molar-refractivity contribution in [2.75, 3.05) is 0 Å². The van der Waals surface area contributed by atoms with Crippen molar-refractivity contribution in [3.05, 3.63) is 29.8 Å². The molecule has 2 amide bonds. The van der Waals surface area contributed by atoms with E-state index in [4.69, 9.17) is 5.73 Å². The Morgan fingerprint density at radius 1 is 1.69 bits per heavy atom. The molecule has 0 aromatic carbocycles. The van der Waals surface area contributed by atoms with E-state index >= 15 is 0 Å². The van der Waals surface area contributed by atoms with Crippen LogP contribution < -0.4 is 11.2 Å². The summed E-state index contributed by atoms with van der Waals surface area (Å²) in [4.78, 5) is 13.7. The molecule has 0 aliphatic carbocycles. The number of pyridine rings is 1. The second kappa shape index (κ2) is 4.15. The number of urea groups is 1. The van der Waals surface area contributed by atoms with Crippen LogP contribution in [-0.4, -0.2) is 17.2 Å². The fraction of sp³-hybridized carbons (Fsp3) is 0. The highest BCUT2D eigenvalue weighted by atomic mass is 19.1. The van der Waals surface area contributed by atoms with Gasteiger partial charge in [-0.05, 0) is 6.07 Å². The van der Waals surface area contributed by atoms with Crippen LogP contribution in [-0.2, 0) is 0 Å². The van der Waals surface area contributed by atoms with E-state index in [1.54, 1.807) is 0 Å². The summed E-state index contributed by atoms with van der Waals surface area (Å²) in [7, 11) is 0. The number of carbonyl (C=O) groups excluding carboxylic acids is 1. The molecule has 6 heteroatoms. The summed E-state index contributed by atoms with van der Waals surface area (Å²) in [6.45, 7) is 0. The monoisotopic (exact) mass is 182 g/mol. The Morgan fingerprint density at radius 3 is 3.08 bits per heavy atom. The van der Waals surface area contributed by atoms with Gasteiger partial charge in [0.25, 0.3) is 0 Å². The minimum Gasteiger partial charge on any atom is -0.350 e. The lowest BCUT2D eigenvalue weighted by Gasteiger charge is -1.92. The van der Waals surface area contributed by atoms with Gasteiger partial charge < -0.3 is 5.73 Å². The minimum absolute atomic E-state index is 0.439. The average molecular weight is 182 g/mol. The van der Waals surface area contributed by atoms with Gasteiger partial charge in [0.15, 0.2) is 0 Å². The Kier molecular flexibility index (Phi) is 2.91. The van der Waals surface area contributed by atoms with Crippen LogP contribution in [0.4, 0.5) is 9.18 Å². The van der Waals surface area contributed by atoms with Gasteiger partial charge in [-0.15, -0.1) is 0 Å². The Bertz CT molecular complexity index is 339. The van der Waals surface area contributed by atoms with Gasteiger partial charge in [-0.25, -0.2) is 14.6 Å². The van der Waals surface area contributed by atoms with Crippen LogP contribution in [0.15, 0.2) is 23.6 Å². The zero-order chi connectivity index (χ0) is 9.68.